The predicted molar refractivity (Wildman–Crippen MR) is 66.0 cm³/mol. The maximum atomic E-state index is 11.5. The summed E-state index contributed by atoms with van der Waals surface area (Å²) in [6, 6.07) is 1.77. The molecule has 0 aromatic carbocycles. The normalized spacial score (nSPS) is 16.1. The average molecular weight is 248 g/mol. The van der Waals surface area contributed by atoms with Crippen molar-refractivity contribution in [2.75, 3.05) is 31.2 Å². The summed E-state index contributed by atoms with van der Waals surface area (Å²) in [5.74, 6) is 0. The number of aromatic nitrogens is 3. The maximum Gasteiger partial charge on any atom is 0.326 e. The Labute approximate surface area is 101 Å². The summed E-state index contributed by atoms with van der Waals surface area (Å²) in [6.07, 6.45) is 1.64. The predicted octanol–water partition coefficient (Wildman–Crippen LogP) is -0.552. The summed E-state index contributed by atoms with van der Waals surface area (Å²) in [7, 11) is 0. The van der Waals surface area contributed by atoms with Crippen LogP contribution in [0.15, 0.2) is 21.9 Å². The van der Waals surface area contributed by atoms with E-state index in [1.807, 2.05) is 0 Å². The number of rotatable bonds is 1. The number of aromatic amines is 2. The number of hydrogen-bond acceptors (Lipinski definition) is 5. The Balaban J connectivity index is 2.10. The van der Waals surface area contributed by atoms with E-state index in [9.17, 15) is 9.59 Å². The molecule has 7 nitrogen and oxygen atoms in total. The quantitative estimate of drug-likeness (QED) is 0.706. The third-order valence-corrected chi connectivity index (χ3v) is 2.94. The molecule has 0 unspecified atom stereocenters. The minimum atomic E-state index is -0.520. The highest BCUT2D eigenvalue weighted by Crippen LogP contribution is 2.17. The van der Waals surface area contributed by atoms with Gasteiger partial charge in [-0.1, -0.05) is 0 Å². The van der Waals surface area contributed by atoms with Gasteiger partial charge in [0, 0.05) is 13.1 Å². The van der Waals surface area contributed by atoms with Crippen LogP contribution in [0.3, 0.4) is 0 Å². The summed E-state index contributed by atoms with van der Waals surface area (Å²) in [5, 5.41) is 0. The molecular weight excluding hydrogens is 236 g/mol. The SMILES string of the molecule is O=c1[nH]c(=O)c2ncc(N3CCOCC3)cc2[nH]1. The van der Waals surface area contributed by atoms with Gasteiger partial charge in [-0.05, 0) is 6.07 Å². The van der Waals surface area contributed by atoms with Crippen molar-refractivity contribution < 1.29 is 4.74 Å². The Morgan fingerprint density at radius 1 is 1.22 bits per heavy atom. The van der Waals surface area contributed by atoms with E-state index < -0.39 is 11.2 Å². The van der Waals surface area contributed by atoms with Crippen molar-refractivity contribution in [3.8, 4) is 0 Å². The lowest BCUT2D eigenvalue weighted by molar-refractivity contribution is 0.122. The topological polar surface area (TPSA) is 91.1 Å². The van der Waals surface area contributed by atoms with Gasteiger partial charge in [0.1, 0.15) is 0 Å². The van der Waals surface area contributed by atoms with E-state index >= 15 is 0 Å². The summed E-state index contributed by atoms with van der Waals surface area (Å²) < 4.78 is 5.27. The van der Waals surface area contributed by atoms with E-state index in [2.05, 4.69) is 19.9 Å². The summed E-state index contributed by atoms with van der Waals surface area (Å²) in [4.78, 5) is 33.7. The van der Waals surface area contributed by atoms with Gasteiger partial charge in [0.05, 0.1) is 30.6 Å². The van der Waals surface area contributed by atoms with Gasteiger partial charge in [-0.25, -0.2) is 9.78 Å². The minimum absolute atomic E-state index is 0.242. The van der Waals surface area contributed by atoms with Crippen LogP contribution in [0.5, 0.6) is 0 Å². The Hall–Kier alpha value is -2.15. The van der Waals surface area contributed by atoms with Gasteiger partial charge in [-0.3, -0.25) is 9.78 Å². The molecule has 2 aromatic rings. The lowest BCUT2D eigenvalue weighted by atomic mass is 10.3. The van der Waals surface area contributed by atoms with E-state index in [0.29, 0.717) is 18.7 Å². The summed E-state index contributed by atoms with van der Waals surface area (Å²) >= 11 is 0. The van der Waals surface area contributed by atoms with Gasteiger partial charge < -0.3 is 14.6 Å². The van der Waals surface area contributed by atoms with Crippen LogP contribution >= 0.6 is 0 Å². The largest absolute Gasteiger partial charge is 0.378 e. The van der Waals surface area contributed by atoms with Gasteiger partial charge in [0.2, 0.25) is 0 Å². The molecule has 0 saturated carbocycles. The first kappa shape index (κ1) is 11.0. The number of nitrogens with zero attached hydrogens (tertiary/aromatic N) is 2. The Kier molecular flexibility index (Phi) is 2.60. The molecule has 0 spiro atoms. The van der Waals surface area contributed by atoms with E-state index in [4.69, 9.17) is 4.74 Å². The maximum absolute atomic E-state index is 11.5. The first-order valence-corrected chi connectivity index (χ1v) is 5.69. The van der Waals surface area contributed by atoms with Crippen molar-refractivity contribution in [2.45, 2.75) is 0 Å². The van der Waals surface area contributed by atoms with Crippen molar-refractivity contribution >= 4 is 16.7 Å². The molecule has 0 radical (unpaired) electrons. The molecule has 0 amide bonds. The number of hydrogen-bond donors (Lipinski definition) is 2. The molecule has 2 N–H and O–H groups in total. The van der Waals surface area contributed by atoms with Gasteiger partial charge in [-0.2, -0.15) is 0 Å². The zero-order valence-electron chi connectivity index (χ0n) is 9.60. The van der Waals surface area contributed by atoms with Crippen LogP contribution in [-0.4, -0.2) is 41.3 Å². The van der Waals surface area contributed by atoms with Crippen molar-refractivity contribution in [2.24, 2.45) is 0 Å². The second-order valence-electron chi connectivity index (χ2n) is 4.10. The second-order valence-corrected chi connectivity index (χ2v) is 4.10. The van der Waals surface area contributed by atoms with Crippen LogP contribution in [0.1, 0.15) is 0 Å². The van der Waals surface area contributed by atoms with Crippen LogP contribution in [0.4, 0.5) is 5.69 Å². The fourth-order valence-electron chi connectivity index (χ4n) is 2.04. The van der Waals surface area contributed by atoms with Crippen molar-refractivity contribution in [3.05, 3.63) is 33.1 Å². The molecule has 0 atom stereocenters. The molecule has 18 heavy (non-hydrogen) atoms. The van der Waals surface area contributed by atoms with Gasteiger partial charge >= 0.3 is 5.69 Å². The molecule has 1 aliphatic heterocycles. The van der Waals surface area contributed by atoms with E-state index in [0.717, 1.165) is 18.8 Å². The number of H-pyrrole nitrogens is 2. The summed E-state index contributed by atoms with van der Waals surface area (Å²) in [6.45, 7) is 2.90. The van der Waals surface area contributed by atoms with E-state index in [-0.39, 0.29) is 5.52 Å². The molecule has 2 aromatic heterocycles. The number of pyridine rings is 1. The van der Waals surface area contributed by atoms with E-state index in [1.54, 1.807) is 12.3 Å². The van der Waals surface area contributed by atoms with Crippen molar-refractivity contribution in [1.82, 2.24) is 15.0 Å². The Morgan fingerprint density at radius 2 is 2.00 bits per heavy atom. The zero-order valence-corrected chi connectivity index (χ0v) is 9.60. The highest BCUT2D eigenvalue weighted by Gasteiger charge is 2.12. The van der Waals surface area contributed by atoms with Gasteiger partial charge in [-0.15, -0.1) is 0 Å². The standard InChI is InChI=1S/C11H12N4O3/c16-10-9-8(13-11(17)14-10)5-7(6-12-9)15-1-3-18-4-2-15/h5-6H,1-4H2,(H2,13,14,16,17). The molecule has 7 heteroatoms. The third kappa shape index (κ3) is 1.88. The lowest BCUT2D eigenvalue weighted by Gasteiger charge is -2.28. The molecule has 0 bridgehead atoms. The molecule has 1 aliphatic rings. The highest BCUT2D eigenvalue weighted by molar-refractivity contribution is 5.76. The molecule has 94 valence electrons. The van der Waals surface area contributed by atoms with Gasteiger partial charge in [0.15, 0.2) is 5.52 Å². The monoisotopic (exact) mass is 248 g/mol. The van der Waals surface area contributed by atoms with Crippen LogP contribution in [0.25, 0.3) is 11.0 Å². The average Bonchev–Trinajstić information content (AvgIpc) is 2.39. The zero-order chi connectivity index (χ0) is 12.5. The van der Waals surface area contributed by atoms with Crippen LogP contribution in [-0.2, 0) is 4.74 Å². The van der Waals surface area contributed by atoms with Crippen molar-refractivity contribution in [3.63, 3.8) is 0 Å². The van der Waals surface area contributed by atoms with Crippen LogP contribution in [0, 0.1) is 0 Å². The smallest absolute Gasteiger partial charge is 0.326 e. The fourth-order valence-corrected chi connectivity index (χ4v) is 2.04. The number of morpholine rings is 1. The second kappa shape index (κ2) is 4.26. The first-order valence-electron chi connectivity index (χ1n) is 5.69. The van der Waals surface area contributed by atoms with Gasteiger partial charge in [0.25, 0.3) is 5.56 Å². The number of anilines is 1. The number of nitrogens with one attached hydrogen (secondary N) is 2. The number of ether oxygens (including phenoxy) is 1. The van der Waals surface area contributed by atoms with Crippen LogP contribution in [0.2, 0.25) is 0 Å². The molecule has 3 heterocycles. The molecule has 1 fully saturated rings. The molecule has 1 saturated heterocycles. The minimum Gasteiger partial charge on any atom is -0.378 e. The molecule has 0 aliphatic carbocycles. The highest BCUT2D eigenvalue weighted by atomic mass is 16.5. The molecular formula is C11H12N4O3. The lowest BCUT2D eigenvalue weighted by Crippen LogP contribution is -2.36. The van der Waals surface area contributed by atoms with Crippen molar-refractivity contribution in [1.29, 1.82) is 0 Å². The Bertz CT molecular complexity index is 684. The fraction of sp³-hybridized carbons (Fsp3) is 0.364. The third-order valence-electron chi connectivity index (χ3n) is 2.94. The van der Waals surface area contributed by atoms with E-state index in [1.165, 1.54) is 0 Å². The first-order chi connectivity index (χ1) is 8.74. The summed E-state index contributed by atoms with van der Waals surface area (Å²) in [5.41, 5.74) is 0.585. The number of fused-ring (bicyclic) bond motifs is 1. The Morgan fingerprint density at radius 3 is 2.78 bits per heavy atom. The molecule has 3 rings (SSSR count). The van der Waals surface area contributed by atoms with Crippen LogP contribution < -0.4 is 16.1 Å².